The van der Waals surface area contributed by atoms with Gasteiger partial charge in [-0.2, -0.15) is 0 Å². The third-order valence-corrected chi connectivity index (χ3v) is 3.06. The molecule has 0 saturated carbocycles. The smallest absolute Gasteiger partial charge is 0.319 e. The highest BCUT2D eigenvalue weighted by atomic mass is 32.2. The van der Waals surface area contributed by atoms with Gasteiger partial charge in [0.15, 0.2) is 0 Å². The molecule has 18 heavy (non-hydrogen) atoms. The number of primary sulfonamides is 1. The molecule has 0 saturated heterocycles. The maximum atomic E-state index is 11.4. The topological polar surface area (TPSA) is 101 Å². The molecule has 0 radical (unpaired) electrons. The minimum Gasteiger partial charge on any atom is -0.338 e. The maximum absolute atomic E-state index is 11.4. The van der Waals surface area contributed by atoms with Gasteiger partial charge >= 0.3 is 6.03 Å². The number of rotatable bonds is 5. The third kappa shape index (κ3) is 6.21. The summed E-state index contributed by atoms with van der Waals surface area (Å²) >= 11 is 0. The van der Waals surface area contributed by atoms with Crippen molar-refractivity contribution in [3.8, 4) is 0 Å². The van der Waals surface area contributed by atoms with E-state index in [2.05, 4.69) is 10.6 Å². The molecule has 0 spiro atoms. The molecule has 0 aromatic heterocycles. The molecule has 1 aromatic rings. The summed E-state index contributed by atoms with van der Waals surface area (Å²) in [6.45, 7) is 2.21. The van der Waals surface area contributed by atoms with E-state index in [4.69, 9.17) is 5.14 Å². The van der Waals surface area contributed by atoms with Gasteiger partial charge in [-0.15, -0.1) is 0 Å². The second-order valence-corrected chi connectivity index (χ2v) is 5.70. The first-order chi connectivity index (χ1) is 8.37. The summed E-state index contributed by atoms with van der Waals surface area (Å²) in [5, 5.41) is 10.0. The molecule has 1 aromatic carbocycles. The third-order valence-electron chi connectivity index (χ3n) is 2.20. The number of anilines is 1. The number of carbonyl (C=O) groups excluding carboxylic acids is 1. The molecule has 7 heteroatoms. The van der Waals surface area contributed by atoms with Gasteiger partial charge in [-0.25, -0.2) is 18.4 Å². The maximum Gasteiger partial charge on any atom is 0.319 e. The summed E-state index contributed by atoms with van der Waals surface area (Å²) in [5.41, 5.74) is 1.79. The van der Waals surface area contributed by atoms with Crippen molar-refractivity contribution in [3.05, 3.63) is 29.8 Å². The van der Waals surface area contributed by atoms with E-state index >= 15 is 0 Å². The Bertz CT molecular complexity index is 497. The van der Waals surface area contributed by atoms with Crippen LogP contribution < -0.4 is 15.8 Å². The van der Waals surface area contributed by atoms with Gasteiger partial charge in [0.25, 0.3) is 0 Å². The zero-order valence-corrected chi connectivity index (χ0v) is 11.0. The molecule has 0 aliphatic carbocycles. The van der Waals surface area contributed by atoms with Crippen LogP contribution in [0.1, 0.15) is 12.0 Å². The summed E-state index contributed by atoms with van der Waals surface area (Å²) < 4.78 is 21.3. The number of benzene rings is 1. The molecular weight excluding hydrogens is 254 g/mol. The average Bonchev–Trinajstić information content (AvgIpc) is 2.26. The summed E-state index contributed by atoms with van der Waals surface area (Å²) in [5.74, 6) is -0.141. The predicted octanol–water partition coefficient (Wildman–Crippen LogP) is 0.795. The summed E-state index contributed by atoms with van der Waals surface area (Å²) in [7, 11) is -3.46. The van der Waals surface area contributed by atoms with Gasteiger partial charge in [-0.3, -0.25) is 0 Å². The Kier molecular flexibility index (Phi) is 5.11. The number of urea groups is 1. The fraction of sp³-hybridized carbons (Fsp3) is 0.364. The lowest BCUT2D eigenvalue weighted by Crippen LogP contribution is -2.31. The van der Waals surface area contributed by atoms with Crippen LogP contribution in [0.15, 0.2) is 24.3 Å². The molecule has 0 aliphatic rings. The van der Waals surface area contributed by atoms with Crippen LogP contribution in [0.4, 0.5) is 10.5 Å². The van der Waals surface area contributed by atoms with Gasteiger partial charge in [0, 0.05) is 12.2 Å². The van der Waals surface area contributed by atoms with E-state index in [-0.39, 0.29) is 18.3 Å². The van der Waals surface area contributed by atoms with Crippen molar-refractivity contribution in [3.63, 3.8) is 0 Å². The van der Waals surface area contributed by atoms with Gasteiger partial charge in [-0.05, 0) is 25.5 Å². The summed E-state index contributed by atoms with van der Waals surface area (Å²) in [4.78, 5) is 11.4. The van der Waals surface area contributed by atoms with Crippen molar-refractivity contribution < 1.29 is 13.2 Å². The van der Waals surface area contributed by atoms with Gasteiger partial charge in [0.2, 0.25) is 10.0 Å². The molecule has 4 N–H and O–H groups in total. The quantitative estimate of drug-likeness (QED) is 0.690. The molecule has 0 bridgehead atoms. The minimum absolute atomic E-state index is 0.141. The van der Waals surface area contributed by atoms with Crippen LogP contribution in [0.2, 0.25) is 0 Å². The Balaban J connectivity index is 2.28. The zero-order valence-electron chi connectivity index (χ0n) is 10.1. The molecule has 0 fully saturated rings. The first-order valence-corrected chi connectivity index (χ1v) is 7.20. The highest BCUT2D eigenvalue weighted by molar-refractivity contribution is 7.89. The van der Waals surface area contributed by atoms with Gasteiger partial charge < -0.3 is 10.6 Å². The van der Waals surface area contributed by atoms with Gasteiger partial charge in [-0.1, -0.05) is 17.7 Å². The number of amides is 2. The zero-order chi connectivity index (χ0) is 13.6. The SMILES string of the molecule is Cc1ccc(NC(=O)NCCCS(N)(=O)=O)cc1. The van der Waals surface area contributed by atoms with E-state index in [9.17, 15) is 13.2 Å². The van der Waals surface area contributed by atoms with Crippen molar-refractivity contribution in [1.29, 1.82) is 0 Å². The van der Waals surface area contributed by atoms with Crippen LogP contribution in [0.5, 0.6) is 0 Å². The van der Waals surface area contributed by atoms with E-state index in [0.717, 1.165) is 5.56 Å². The molecule has 1 rings (SSSR count). The van der Waals surface area contributed by atoms with Crippen LogP contribution in [0, 0.1) is 6.92 Å². The van der Waals surface area contributed by atoms with Crippen LogP contribution in [-0.4, -0.2) is 26.7 Å². The normalized spacial score (nSPS) is 11.0. The second kappa shape index (κ2) is 6.36. The van der Waals surface area contributed by atoms with Crippen molar-refractivity contribution in [2.75, 3.05) is 17.6 Å². The Morgan fingerprint density at radius 3 is 2.44 bits per heavy atom. The monoisotopic (exact) mass is 271 g/mol. The number of nitrogens with one attached hydrogen (secondary N) is 2. The van der Waals surface area contributed by atoms with Crippen LogP contribution >= 0.6 is 0 Å². The second-order valence-electron chi connectivity index (χ2n) is 3.97. The lowest BCUT2D eigenvalue weighted by atomic mass is 10.2. The van der Waals surface area contributed by atoms with E-state index in [1.165, 1.54) is 0 Å². The lowest BCUT2D eigenvalue weighted by Gasteiger charge is -2.07. The van der Waals surface area contributed by atoms with Crippen LogP contribution in [0.25, 0.3) is 0 Å². The summed E-state index contributed by atoms with van der Waals surface area (Å²) in [6.07, 6.45) is 0.292. The number of hydrogen-bond acceptors (Lipinski definition) is 3. The van der Waals surface area contributed by atoms with E-state index in [1.807, 2.05) is 19.1 Å². The molecule has 0 heterocycles. The van der Waals surface area contributed by atoms with Crippen molar-refractivity contribution in [1.82, 2.24) is 5.32 Å². The first-order valence-electron chi connectivity index (χ1n) is 5.49. The van der Waals surface area contributed by atoms with Crippen molar-refractivity contribution in [2.45, 2.75) is 13.3 Å². The number of sulfonamides is 1. The van der Waals surface area contributed by atoms with Crippen molar-refractivity contribution in [2.24, 2.45) is 5.14 Å². The fourth-order valence-corrected chi connectivity index (χ4v) is 1.83. The van der Waals surface area contributed by atoms with Crippen molar-refractivity contribution >= 4 is 21.7 Å². The molecule has 100 valence electrons. The highest BCUT2D eigenvalue weighted by Gasteiger charge is 2.04. The number of aryl methyl sites for hydroxylation is 1. The minimum atomic E-state index is -3.46. The number of carbonyl (C=O) groups is 1. The average molecular weight is 271 g/mol. The molecule has 2 amide bonds. The molecule has 0 atom stereocenters. The van der Waals surface area contributed by atoms with Gasteiger partial charge in [0.1, 0.15) is 0 Å². The predicted molar refractivity (Wildman–Crippen MR) is 70.8 cm³/mol. The van der Waals surface area contributed by atoms with Crippen LogP contribution in [0.3, 0.4) is 0 Å². The highest BCUT2D eigenvalue weighted by Crippen LogP contribution is 2.07. The first kappa shape index (κ1) is 14.5. The molecule has 0 unspecified atom stereocenters. The number of hydrogen-bond donors (Lipinski definition) is 3. The fourth-order valence-electron chi connectivity index (χ4n) is 1.29. The van der Waals surface area contributed by atoms with E-state index < -0.39 is 10.0 Å². The Labute approximate surface area is 107 Å². The van der Waals surface area contributed by atoms with E-state index in [1.54, 1.807) is 12.1 Å². The Morgan fingerprint density at radius 2 is 1.89 bits per heavy atom. The molecular formula is C11H17N3O3S. The van der Waals surface area contributed by atoms with Gasteiger partial charge in [0.05, 0.1) is 5.75 Å². The number of nitrogens with two attached hydrogens (primary N) is 1. The molecule has 6 nitrogen and oxygen atoms in total. The Morgan fingerprint density at radius 1 is 1.28 bits per heavy atom. The largest absolute Gasteiger partial charge is 0.338 e. The molecule has 0 aliphatic heterocycles. The van der Waals surface area contributed by atoms with Crippen LogP contribution in [-0.2, 0) is 10.0 Å². The van der Waals surface area contributed by atoms with E-state index in [0.29, 0.717) is 12.1 Å². The Hall–Kier alpha value is -1.60. The lowest BCUT2D eigenvalue weighted by molar-refractivity contribution is 0.252. The standard InChI is InChI=1S/C11H17N3O3S/c1-9-3-5-10(6-4-9)14-11(15)13-7-2-8-18(12,16)17/h3-6H,2,7-8H2,1H3,(H2,12,16,17)(H2,13,14,15). The summed E-state index contributed by atoms with van der Waals surface area (Å²) in [6, 6.07) is 6.99.